The van der Waals surface area contributed by atoms with Gasteiger partial charge in [0.25, 0.3) is 0 Å². The largest absolute Gasteiger partial charge is 0.486 e. The van der Waals surface area contributed by atoms with Crippen molar-refractivity contribution >= 4 is 10.0 Å². The molecule has 1 fully saturated rings. The monoisotopic (exact) mass is 363 g/mol. The molecule has 2 aromatic rings. The van der Waals surface area contributed by atoms with Gasteiger partial charge >= 0.3 is 0 Å². The average Bonchev–Trinajstić information content (AvgIpc) is 3.07. The quantitative estimate of drug-likeness (QED) is 0.835. The lowest BCUT2D eigenvalue weighted by atomic mass is 10.0. The fraction of sp³-hybridized carbons (Fsp3) is 0.471. The first kappa shape index (κ1) is 16.4. The first-order valence-corrected chi connectivity index (χ1v) is 9.91. The minimum absolute atomic E-state index is 0.179. The van der Waals surface area contributed by atoms with Crippen LogP contribution in [0.1, 0.15) is 31.0 Å². The lowest BCUT2D eigenvalue weighted by Gasteiger charge is -2.35. The van der Waals surface area contributed by atoms with Crippen molar-refractivity contribution in [2.45, 2.75) is 30.2 Å². The van der Waals surface area contributed by atoms with Crippen LogP contribution < -0.4 is 9.47 Å². The molecule has 0 spiro atoms. The third kappa shape index (κ3) is 2.79. The smallest absolute Gasteiger partial charge is 0.247 e. The Hall–Kier alpha value is -2.06. The molecule has 2 aliphatic rings. The Labute approximate surface area is 147 Å². The predicted octanol–water partition coefficient (Wildman–Crippen LogP) is 2.11. The van der Waals surface area contributed by atoms with Crippen LogP contribution in [0, 0.1) is 0 Å². The zero-order chi connectivity index (χ0) is 17.4. The second-order valence-corrected chi connectivity index (χ2v) is 8.15. The Morgan fingerprint density at radius 1 is 1.16 bits per heavy atom. The Bertz CT molecular complexity index is 878. The summed E-state index contributed by atoms with van der Waals surface area (Å²) in [7, 11) is -1.86. The molecule has 0 aliphatic carbocycles. The summed E-state index contributed by atoms with van der Waals surface area (Å²) < 4.78 is 41.4. The van der Waals surface area contributed by atoms with Gasteiger partial charge in [0.05, 0.1) is 11.7 Å². The number of rotatable bonds is 3. The fourth-order valence-corrected chi connectivity index (χ4v) is 5.39. The molecule has 4 rings (SSSR count). The number of sulfonamides is 1. The van der Waals surface area contributed by atoms with Gasteiger partial charge in [0.1, 0.15) is 18.1 Å². The number of hydrogen-bond donors (Lipinski definition) is 0. The van der Waals surface area contributed by atoms with Gasteiger partial charge in [0, 0.05) is 19.8 Å². The molecule has 1 aromatic heterocycles. The molecule has 1 aromatic carbocycles. The molecule has 1 unspecified atom stereocenters. The van der Waals surface area contributed by atoms with E-state index in [0.29, 0.717) is 31.3 Å². The minimum atomic E-state index is -3.71. The van der Waals surface area contributed by atoms with Gasteiger partial charge in [-0.15, -0.1) is 0 Å². The van der Waals surface area contributed by atoms with Crippen LogP contribution in [0.2, 0.25) is 0 Å². The lowest BCUT2D eigenvalue weighted by Crippen LogP contribution is -2.39. The van der Waals surface area contributed by atoms with E-state index in [9.17, 15) is 8.42 Å². The summed E-state index contributed by atoms with van der Waals surface area (Å²) in [6.07, 6.45) is 4.33. The highest BCUT2D eigenvalue weighted by Crippen LogP contribution is 2.41. The Morgan fingerprint density at radius 3 is 2.80 bits per heavy atom. The van der Waals surface area contributed by atoms with E-state index in [0.717, 1.165) is 25.0 Å². The Balaban J connectivity index is 1.78. The van der Waals surface area contributed by atoms with Gasteiger partial charge in [-0.3, -0.25) is 4.68 Å². The summed E-state index contributed by atoms with van der Waals surface area (Å²) in [5.41, 5.74) is 0.908. The Kier molecular flexibility index (Phi) is 4.16. The molecular formula is C17H21N3O4S. The molecule has 134 valence electrons. The van der Waals surface area contributed by atoms with E-state index in [-0.39, 0.29) is 10.9 Å². The molecule has 7 nitrogen and oxygen atoms in total. The van der Waals surface area contributed by atoms with Crippen molar-refractivity contribution in [2.75, 3.05) is 19.8 Å². The lowest BCUT2D eigenvalue weighted by molar-refractivity contribution is 0.166. The summed E-state index contributed by atoms with van der Waals surface area (Å²) in [5, 5.41) is 4.20. The highest BCUT2D eigenvalue weighted by Gasteiger charge is 2.38. The second-order valence-electron chi connectivity index (χ2n) is 6.29. The summed E-state index contributed by atoms with van der Waals surface area (Å²) in [6.45, 7) is 1.27. The van der Waals surface area contributed by atoms with Crippen molar-refractivity contribution in [3.63, 3.8) is 0 Å². The zero-order valence-electron chi connectivity index (χ0n) is 14.1. The molecule has 25 heavy (non-hydrogen) atoms. The first-order valence-electron chi connectivity index (χ1n) is 8.47. The normalized spacial score (nSPS) is 21.2. The van der Waals surface area contributed by atoms with E-state index >= 15 is 0 Å². The van der Waals surface area contributed by atoms with Crippen LogP contribution in [0.5, 0.6) is 11.5 Å². The molecule has 0 N–H and O–H groups in total. The van der Waals surface area contributed by atoms with Crippen LogP contribution in [0.25, 0.3) is 0 Å². The highest BCUT2D eigenvalue weighted by molar-refractivity contribution is 7.89. The summed E-state index contributed by atoms with van der Waals surface area (Å²) in [4.78, 5) is 0.179. The van der Waals surface area contributed by atoms with E-state index in [1.165, 1.54) is 0 Å². The first-order chi connectivity index (χ1) is 12.1. The van der Waals surface area contributed by atoms with Gasteiger partial charge < -0.3 is 9.47 Å². The number of piperidine rings is 1. The molecule has 2 aliphatic heterocycles. The van der Waals surface area contributed by atoms with Gasteiger partial charge in [-0.25, -0.2) is 8.42 Å². The van der Waals surface area contributed by atoms with Crippen molar-refractivity contribution in [2.24, 2.45) is 7.05 Å². The number of nitrogens with zero attached hydrogens (tertiary/aromatic N) is 3. The van der Waals surface area contributed by atoms with Gasteiger partial charge in [-0.2, -0.15) is 9.40 Å². The SMILES string of the molecule is Cn1nccc1C1CCCCN1S(=O)(=O)c1cccc2c1OCCO2. The second kappa shape index (κ2) is 6.34. The molecule has 1 atom stereocenters. The number of benzene rings is 1. The standard InChI is InChI=1S/C17H21N3O4S/c1-19-13(8-9-18-19)14-5-2-3-10-20(14)25(21,22)16-7-4-6-15-17(16)24-12-11-23-15/h4,6-9,14H,2-3,5,10-12H2,1H3. The highest BCUT2D eigenvalue weighted by atomic mass is 32.2. The number of aryl methyl sites for hydroxylation is 1. The zero-order valence-corrected chi connectivity index (χ0v) is 14.9. The van der Waals surface area contributed by atoms with Crippen LogP contribution in [-0.2, 0) is 17.1 Å². The van der Waals surface area contributed by atoms with Crippen LogP contribution in [0.3, 0.4) is 0 Å². The van der Waals surface area contributed by atoms with Crippen LogP contribution in [-0.4, -0.2) is 42.3 Å². The van der Waals surface area contributed by atoms with Gasteiger partial charge in [0.15, 0.2) is 11.5 Å². The van der Waals surface area contributed by atoms with E-state index in [2.05, 4.69) is 5.10 Å². The third-order valence-electron chi connectivity index (χ3n) is 4.77. The fourth-order valence-electron chi connectivity index (χ4n) is 3.58. The molecule has 0 bridgehead atoms. The summed E-state index contributed by atoms with van der Waals surface area (Å²) in [5.74, 6) is 0.810. The van der Waals surface area contributed by atoms with E-state index in [4.69, 9.17) is 9.47 Å². The topological polar surface area (TPSA) is 73.7 Å². The van der Waals surface area contributed by atoms with Gasteiger partial charge in [-0.1, -0.05) is 12.5 Å². The molecular weight excluding hydrogens is 342 g/mol. The molecule has 0 radical (unpaired) electrons. The number of ether oxygens (including phenoxy) is 2. The van der Waals surface area contributed by atoms with Crippen molar-refractivity contribution in [1.29, 1.82) is 0 Å². The predicted molar refractivity (Wildman–Crippen MR) is 91.1 cm³/mol. The van der Waals surface area contributed by atoms with Crippen molar-refractivity contribution < 1.29 is 17.9 Å². The van der Waals surface area contributed by atoms with Crippen LogP contribution in [0.4, 0.5) is 0 Å². The van der Waals surface area contributed by atoms with E-state index < -0.39 is 10.0 Å². The van der Waals surface area contributed by atoms with Crippen molar-refractivity contribution in [3.8, 4) is 11.5 Å². The molecule has 8 heteroatoms. The van der Waals surface area contributed by atoms with Crippen LogP contribution in [0.15, 0.2) is 35.4 Å². The molecule has 1 saturated heterocycles. The summed E-state index contributed by atoms with van der Waals surface area (Å²) in [6, 6.07) is 6.70. The number of hydrogen-bond acceptors (Lipinski definition) is 5. The van der Waals surface area contributed by atoms with Crippen molar-refractivity contribution in [1.82, 2.24) is 14.1 Å². The number of aromatic nitrogens is 2. The molecule has 0 saturated carbocycles. The maximum absolute atomic E-state index is 13.4. The maximum Gasteiger partial charge on any atom is 0.247 e. The molecule has 0 amide bonds. The van der Waals surface area contributed by atoms with Gasteiger partial charge in [-0.05, 0) is 31.0 Å². The number of para-hydroxylation sites is 1. The Morgan fingerprint density at radius 2 is 2.00 bits per heavy atom. The summed E-state index contributed by atoms with van der Waals surface area (Å²) >= 11 is 0. The van der Waals surface area contributed by atoms with Crippen molar-refractivity contribution in [3.05, 3.63) is 36.2 Å². The maximum atomic E-state index is 13.4. The minimum Gasteiger partial charge on any atom is -0.486 e. The average molecular weight is 363 g/mol. The van der Waals surface area contributed by atoms with Crippen LogP contribution >= 0.6 is 0 Å². The van der Waals surface area contributed by atoms with Gasteiger partial charge in [0.2, 0.25) is 10.0 Å². The van der Waals surface area contributed by atoms with E-state index in [1.807, 2.05) is 13.1 Å². The third-order valence-corrected chi connectivity index (χ3v) is 6.70. The number of fused-ring (bicyclic) bond motifs is 1. The van der Waals surface area contributed by atoms with E-state index in [1.54, 1.807) is 33.4 Å². The molecule has 3 heterocycles.